The first-order valence-electron chi connectivity index (χ1n) is 13.9. The standard InChI is InChI=1S/C31H37NO10/c1-14-10-16(6-8-18(14)30-28(39)26(37)24(35)22(12-33)41-30)20-4-3-5-21(32-20)17-7-9-19(15(2)11-17)31-29(40)27(38)25(36)23(13-34)42-31/h3-11,22-31,33-40H,12-13H2,1-2H3. The molecule has 0 saturated carbocycles. The molecule has 2 aliphatic heterocycles. The first-order valence-corrected chi connectivity index (χ1v) is 13.9. The molecule has 0 aliphatic carbocycles. The maximum absolute atomic E-state index is 10.6. The summed E-state index contributed by atoms with van der Waals surface area (Å²) in [5.74, 6) is 0. The van der Waals surface area contributed by atoms with Crippen LogP contribution in [0.2, 0.25) is 0 Å². The minimum atomic E-state index is -1.46. The Labute approximate surface area is 242 Å². The van der Waals surface area contributed by atoms with Gasteiger partial charge in [-0.25, -0.2) is 4.98 Å². The molecule has 2 saturated heterocycles. The number of aliphatic hydroxyl groups excluding tert-OH is 8. The van der Waals surface area contributed by atoms with Gasteiger partial charge >= 0.3 is 0 Å². The van der Waals surface area contributed by atoms with Gasteiger partial charge in [-0.15, -0.1) is 0 Å². The maximum Gasteiger partial charge on any atom is 0.113 e. The van der Waals surface area contributed by atoms with E-state index in [9.17, 15) is 40.9 Å². The molecule has 11 heteroatoms. The zero-order valence-electron chi connectivity index (χ0n) is 23.2. The molecule has 0 radical (unpaired) electrons. The Hall–Kier alpha value is -2.81. The summed E-state index contributed by atoms with van der Waals surface area (Å²) in [5, 5.41) is 80.8. The fraction of sp³-hybridized carbons (Fsp3) is 0.452. The van der Waals surface area contributed by atoms with Crippen molar-refractivity contribution in [2.75, 3.05) is 13.2 Å². The van der Waals surface area contributed by atoms with Gasteiger partial charge in [0.25, 0.3) is 0 Å². The van der Waals surface area contributed by atoms with Crippen LogP contribution in [-0.2, 0) is 9.47 Å². The van der Waals surface area contributed by atoms with Crippen LogP contribution < -0.4 is 0 Å². The second-order valence-corrected chi connectivity index (χ2v) is 11.0. The lowest BCUT2D eigenvalue weighted by molar-refractivity contribution is -0.231. The van der Waals surface area contributed by atoms with Crippen LogP contribution in [0.15, 0.2) is 54.6 Å². The van der Waals surface area contributed by atoms with Gasteiger partial charge in [-0.05, 0) is 60.4 Å². The van der Waals surface area contributed by atoms with E-state index in [1.54, 1.807) is 12.1 Å². The van der Waals surface area contributed by atoms with Crippen molar-refractivity contribution in [2.24, 2.45) is 0 Å². The van der Waals surface area contributed by atoms with Gasteiger partial charge in [-0.1, -0.05) is 30.3 Å². The van der Waals surface area contributed by atoms with E-state index in [2.05, 4.69) is 0 Å². The number of hydrogen-bond donors (Lipinski definition) is 8. The van der Waals surface area contributed by atoms with Gasteiger partial charge in [0.2, 0.25) is 0 Å². The fourth-order valence-corrected chi connectivity index (χ4v) is 5.78. The van der Waals surface area contributed by atoms with Gasteiger partial charge in [0.15, 0.2) is 0 Å². The van der Waals surface area contributed by atoms with Crippen LogP contribution in [0.4, 0.5) is 0 Å². The summed E-state index contributed by atoms with van der Waals surface area (Å²) in [4.78, 5) is 4.83. The van der Waals surface area contributed by atoms with Crippen LogP contribution in [0.3, 0.4) is 0 Å². The Morgan fingerprint density at radius 3 is 1.33 bits per heavy atom. The molecule has 11 nitrogen and oxygen atoms in total. The Bertz CT molecular complexity index is 1300. The van der Waals surface area contributed by atoms with Gasteiger partial charge in [0.05, 0.1) is 24.6 Å². The summed E-state index contributed by atoms with van der Waals surface area (Å²) in [6.07, 6.45) is -12.4. The first kappa shape index (κ1) is 30.6. The quantitative estimate of drug-likeness (QED) is 0.196. The monoisotopic (exact) mass is 583 g/mol. The summed E-state index contributed by atoms with van der Waals surface area (Å²) in [5.41, 5.74) is 5.75. The van der Waals surface area contributed by atoms with Gasteiger partial charge in [-0.3, -0.25) is 0 Å². The number of ether oxygens (including phenoxy) is 2. The van der Waals surface area contributed by atoms with E-state index in [-0.39, 0.29) is 0 Å². The van der Waals surface area contributed by atoms with Crippen molar-refractivity contribution >= 4 is 0 Å². The van der Waals surface area contributed by atoms with Crippen LogP contribution in [0.1, 0.15) is 34.5 Å². The van der Waals surface area contributed by atoms with Crippen LogP contribution >= 0.6 is 0 Å². The molecule has 1 aromatic heterocycles. The van der Waals surface area contributed by atoms with Crippen molar-refractivity contribution < 1.29 is 50.3 Å². The Balaban J connectivity index is 1.39. The summed E-state index contributed by atoms with van der Waals surface area (Å²) in [7, 11) is 0. The maximum atomic E-state index is 10.6. The average molecular weight is 584 g/mol. The van der Waals surface area contributed by atoms with Gasteiger partial charge in [0.1, 0.15) is 61.0 Å². The van der Waals surface area contributed by atoms with Crippen molar-refractivity contribution in [3.63, 3.8) is 0 Å². The normalized spacial score (nSPS) is 33.5. The summed E-state index contributed by atoms with van der Waals surface area (Å²) < 4.78 is 11.5. The first-order chi connectivity index (χ1) is 20.0. The number of rotatable bonds is 6. The molecule has 8 N–H and O–H groups in total. The second kappa shape index (κ2) is 12.4. The number of benzene rings is 2. The minimum Gasteiger partial charge on any atom is -0.394 e. The Morgan fingerprint density at radius 1 is 0.571 bits per heavy atom. The lowest BCUT2D eigenvalue weighted by Crippen LogP contribution is -2.55. The SMILES string of the molecule is Cc1cc(-c2cccc(-c3ccc(C4OC(CO)C(O)C(O)C4O)c(C)c3)n2)ccc1C1OC(CO)C(O)C(O)C1O. The number of aromatic nitrogens is 1. The fourth-order valence-electron chi connectivity index (χ4n) is 5.78. The minimum absolute atomic E-state index is 0.502. The molecule has 2 fully saturated rings. The average Bonchev–Trinajstić information content (AvgIpc) is 2.99. The van der Waals surface area contributed by atoms with Gasteiger partial charge < -0.3 is 50.3 Å². The lowest BCUT2D eigenvalue weighted by atomic mass is 9.88. The molecule has 10 unspecified atom stereocenters. The van der Waals surface area contributed by atoms with E-state index < -0.39 is 74.3 Å². The van der Waals surface area contributed by atoms with Crippen molar-refractivity contribution in [2.45, 2.75) is 74.9 Å². The van der Waals surface area contributed by atoms with Crippen molar-refractivity contribution in [1.29, 1.82) is 0 Å². The zero-order chi connectivity index (χ0) is 30.3. The van der Waals surface area contributed by atoms with E-state index in [4.69, 9.17) is 14.5 Å². The topological polar surface area (TPSA) is 193 Å². The van der Waals surface area contributed by atoms with Crippen LogP contribution in [0, 0.1) is 13.8 Å². The third-order valence-corrected chi connectivity index (χ3v) is 8.28. The molecule has 3 aromatic rings. The number of aliphatic hydroxyl groups is 8. The highest BCUT2D eigenvalue weighted by molar-refractivity contribution is 5.68. The van der Waals surface area contributed by atoms with Crippen molar-refractivity contribution in [3.8, 4) is 22.5 Å². The van der Waals surface area contributed by atoms with Crippen LogP contribution in [0.5, 0.6) is 0 Å². The number of nitrogens with zero attached hydrogens (tertiary/aromatic N) is 1. The van der Waals surface area contributed by atoms with E-state index >= 15 is 0 Å². The van der Waals surface area contributed by atoms with E-state index in [1.165, 1.54) is 0 Å². The highest BCUT2D eigenvalue weighted by Crippen LogP contribution is 2.37. The molecule has 3 heterocycles. The molecule has 0 amide bonds. The van der Waals surface area contributed by atoms with Crippen LogP contribution in [-0.4, -0.2) is 108 Å². The Morgan fingerprint density at radius 2 is 0.976 bits per heavy atom. The number of aryl methyl sites for hydroxylation is 2. The molecule has 42 heavy (non-hydrogen) atoms. The van der Waals surface area contributed by atoms with E-state index in [1.807, 2.05) is 56.3 Å². The van der Waals surface area contributed by atoms with E-state index in [0.717, 1.165) is 22.3 Å². The highest BCUT2D eigenvalue weighted by Gasteiger charge is 2.45. The molecule has 0 bridgehead atoms. The highest BCUT2D eigenvalue weighted by atomic mass is 16.6. The van der Waals surface area contributed by atoms with Crippen LogP contribution in [0.25, 0.3) is 22.5 Å². The molecule has 2 aliphatic rings. The largest absolute Gasteiger partial charge is 0.394 e. The zero-order valence-corrected chi connectivity index (χ0v) is 23.2. The van der Waals surface area contributed by atoms with Gasteiger partial charge in [-0.2, -0.15) is 0 Å². The lowest BCUT2D eigenvalue weighted by Gasteiger charge is -2.40. The number of pyridine rings is 1. The van der Waals surface area contributed by atoms with Crippen molar-refractivity contribution in [3.05, 3.63) is 76.9 Å². The van der Waals surface area contributed by atoms with E-state index in [0.29, 0.717) is 22.5 Å². The third-order valence-electron chi connectivity index (χ3n) is 8.28. The summed E-state index contributed by atoms with van der Waals surface area (Å²) in [6, 6.07) is 16.6. The molecular weight excluding hydrogens is 546 g/mol. The van der Waals surface area contributed by atoms with Crippen molar-refractivity contribution in [1.82, 2.24) is 4.98 Å². The second-order valence-electron chi connectivity index (χ2n) is 11.0. The summed E-state index contributed by atoms with van der Waals surface area (Å²) >= 11 is 0. The predicted octanol–water partition coefficient (Wildman–Crippen LogP) is 0.0622. The Kier molecular flexibility index (Phi) is 9.07. The molecule has 226 valence electrons. The molecule has 5 rings (SSSR count). The molecule has 2 aromatic carbocycles. The van der Waals surface area contributed by atoms with Gasteiger partial charge in [0, 0.05) is 11.1 Å². The molecule has 10 atom stereocenters. The molecular formula is C31H37NO10. The summed E-state index contributed by atoms with van der Waals surface area (Å²) in [6.45, 7) is 2.67. The third kappa shape index (κ3) is 5.61. The molecule has 0 spiro atoms. The smallest absolute Gasteiger partial charge is 0.113 e. The predicted molar refractivity (Wildman–Crippen MR) is 150 cm³/mol. The number of hydrogen-bond acceptors (Lipinski definition) is 11.